The molecule has 0 saturated heterocycles. The lowest BCUT2D eigenvalue weighted by molar-refractivity contribution is 0.0855. The number of aliphatic hydroxyl groups excluding tert-OH is 1. The van der Waals surface area contributed by atoms with E-state index in [4.69, 9.17) is 11.6 Å². The van der Waals surface area contributed by atoms with Gasteiger partial charge in [-0.2, -0.15) is 0 Å². The van der Waals surface area contributed by atoms with E-state index in [1.54, 1.807) is 22.7 Å². The summed E-state index contributed by atoms with van der Waals surface area (Å²) < 4.78 is 16.3. The van der Waals surface area contributed by atoms with E-state index in [0.29, 0.717) is 16.4 Å². The largest absolute Gasteiger partial charge is 0.387 e. The molecule has 33 heavy (non-hydrogen) atoms. The van der Waals surface area contributed by atoms with Gasteiger partial charge < -0.3 is 15.7 Å². The van der Waals surface area contributed by atoms with Crippen LogP contribution in [0, 0.1) is 5.82 Å². The molecule has 0 spiro atoms. The van der Waals surface area contributed by atoms with E-state index < -0.39 is 17.5 Å². The number of fused-ring (bicyclic) bond motifs is 1. The Morgan fingerprint density at radius 2 is 1.79 bits per heavy atom. The summed E-state index contributed by atoms with van der Waals surface area (Å²) in [6.07, 6.45) is 3.78. The zero-order chi connectivity index (χ0) is 23.8. The molecule has 0 radical (unpaired) electrons. The first-order valence-corrected chi connectivity index (χ1v) is 11.0. The highest BCUT2D eigenvalue weighted by Crippen LogP contribution is 2.28. The van der Waals surface area contributed by atoms with Crippen molar-refractivity contribution in [2.24, 2.45) is 0 Å². The van der Waals surface area contributed by atoms with E-state index in [9.17, 15) is 9.50 Å². The monoisotopic (exact) mass is 468 g/mol. The second-order valence-corrected chi connectivity index (χ2v) is 8.90. The van der Waals surface area contributed by atoms with Gasteiger partial charge in [-0.1, -0.05) is 35.9 Å². The highest BCUT2D eigenvalue weighted by Gasteiger charge is 2.27. The molecule has 0 bridgehead atoms. The third-order valence-corrected chi connectivity index (χ3v) is 6.20. The maximum Gasteiger partial charge on any atom is 0.223 e. The Labute approximate surface area is 196 Å². The number of rotatable bonds is 7. The number of likely N-dealkylation sites (N-methyl/N-ethyl adjacent to an activating group) is 1. The van der Waals surface area contributed by atoms with Gasteiger partial charge in [0.05, 0.1) is 35.3 Å². The average Bonchev–Trinajstić information content (AvgIpc) is 3.25. The summed E-state index contributed by atoms with van der Waals surface area (Å²) in [5.41, 5.74) is 2.47. The van der Waals surface area contributed by atoms with Crippen LogP contribution in [0.1, 0.15) is 44.0 Å². The molecule has 1 unspecified atom stereocenters. The first-order chi connectivity index (χ1) is 15.7. The second kappa shape index (κ2) is 9.05. The molecule has 2 atom stereocenters. The van der Waals surface area contributed by atoms with E-state index in [2.05, 4.69) is 25.6 Å². The Kier molecular flexibility index (Phi) is 6.34. The number of hydrogen-bond donors (Lipinski definition) is 3. The molecular weight excluding hydrogens is 443 g/mol. The zero-order valence-corrected chi connectivity index (χ0v) is 19.6. The van der Waals surface area contributed by atoms with Gasteiger partial charge in [0.25, 0.3) is 0 Å². The Morgan fingerprint density at radius 3 is 2.48 bits per heavy atom. The number of benzene rings is 1. The molecule has 4 aromatic rings. The van der Waals surface area contributed by atoms with Gasteiger partial charge in [0.1, 0.15) is 5.69 Å². The number of nitrogens with one attached hydrogen (secondary N) is 2. The third kappa shape index (κ3) is 4.55. The van der Waals surface area contributed by atoms with E-state index in [1.165, 1.54) is 6.20 Å². The van der Waals surface area contributed by atoms with E-state index >= 15 is 0 Å². The molecule has 1 aromatic carbocycles. The minimum Gasteiger partial charge on any atom is -0.387 e. The molecule has 3 heterocycles. The molecule has 9 heteroatoms. The predicted molar refractivity (Wildman–Crippen MR) is 128 cm³/mol. The van der Waals surface area contributed by atoms with Crippen molar-refractivity contribution < 1.29 is 9.50 Å². The van der Waals surface area contributed by atoms with Gasteiger partial charge in [0.2, 0.25) is 5.95 Å². The Hall–Kier alpha value is -3.07. The van der Waals surface area contributed by atoms with Gasteiger partial charge in [-0.05, 0) is 51.1 Å². The van der Waals surface area contributed by atoms with E-state index in [-0.39, 0.29) is 17.7 Å². The molecule has 0 amide bonds. The SMILES string of the molecule is CNC(C)(C)C(O)c1ccc([C@H](C)Nc2ncc(F)c(-c3cnc4c(Cl)cccn34)n2)cc1. The first-order valence-electron chi connectivity index (χ1n) is 10.6. The summed E-state index contributed by atoms with van der Waals surface area (Å²) in [5, 5.41) is 17.4. The maximum atomic E-state index is 14.6. The number of nitrogens with zero attached hydrogens (tertiary/aromatic N) is 4. The van der Waals surface area contributed by atoms with Crippen LogP contribution in [-0.2, 0) is 0 Å². The number of halogens is 2. The standard InChI is InChI=1S/C24H26ClFN6O/c1-14(15-7-9-16(10-8-15)21(33)24(2,3)27-4)30-23-29-12-18(26)20(31-23)19-13-28-22-17(25)6-5-11-32(19)22/h5-14,21,27,33H,1-4H3,(H,29,30,31)/t14-,21?/m0/s1. The summed E-state index contributed by atoms with van der Waals surface area (Å²) in [7, 11) is 1.82. The van der Waals surface area contributed by atoms with Crippen LogP contribution in [0.5, 0.6) is 0 Å². The van der Waals surface area contributed by atoms with Crippen LogP contribution in [0.4, 0.5) is 10.3 Å². The van der Waals surface area contributed by atoms with Crippen molar-refractivity contribution in [2.75, 3.05) is 12.4 Å². The molecule has 4 rings (SSSR count). The summed E-state index contributed by atoms with van der Waals surface area (Å²) in [6, 6.07) is 11.0. The molecule has 7 nitrogen and oxygen atoms in total. The summed E-state index contributed by atoms with van der Waals surface area (Å²) in [5.74, 6) is -0.267. The van der Waals surface area contributed by atoms with Crippen LogP contribution < -0.4 is 10.6 Å². The van der Waals surface area contributed by atoms with Crippen molar-refractivity contribution in [1.82, 2.24) is 24.7 Å². The Morgan fingerprint density at radius 1 is 1.09 bits per heavy atom. The van der Waals surface area contributed by atoms with Gasteiger partial charge >= 0.3 is 0 Å². The number of imidazole rings is 1. The normalized spacial score (nSPS) is 13.8. The minimum absolute atomic E-state index is 0.127. The molecule has 0 aliphatic carbocycles. The highest BCUT2D eigenvalue weighted by atomic mass is 35.5. The highest BCUT2D eigenvalue weighted by molar-refractivity contribution is 6.33. The number of anilines is 1. The quantitative estimate of drug-likeness (QED) is 0.361. The van der Waals surface area contributed by atoms with Crippen molar-refractivity contribution in [3.63, 3.8) is 0 Å². The van der Waals surface area contributed by atoms with Gasteiger partial charge in [0.15, 0.2) is 11.5 Å². The van der Waals surface area contributed by atoms with E-state index in [0.717, 1.165) is 17.3 Å². The van der Waals surface area contributed by atoms with Crippen molar-refractivity contribution >= 4 is 23.2 Å². The molecule has 0 saturated carbocycles. The fourth-order valence-corrected chi connectivity index (χ4v) is 3.78. The van der Waals surface area contributed by atoms with Crippen molar-refractivity contribution in [1.29, 1.82) is 0 Å². The number of hydrogen-bond acceptors (Lipinski definition) is 6. The number of aromatic nitrogens is 4. The van der Waals surface area contributed by atoms with Crippen LogP contribution >= 0.6 is 11.6 Å². The van der Waals surface area contributed by atoms with Crippen LogP contribution in [0.15, 0.2) is 55.0 Å². The lowest BCUT2D eigenvalue weighted by Gasteiger charge is -2.30. The lowest BCUT2D eigenvalue weighted by atomic mass is 9.90. The first kappa shape index (κ1) is 23.1. The van der Waals surface area contributed by atoms with Crippen molar-refractivity contribution in [3.05, 3.63) is 77.0 Å². The van der Waals surface area contributed by atoms with Crippen molar-refractivity contribution in [2.45, 2.75) is 38.5 Å². The third-order valence-electron chi connectivity index (χ3n) is 5.90. The molecule has 3 N–H and O–H groups in total. The Balaban J connectivity index is 1.57. The summed E-state index contributed by atoms with van der Waals surface area (Å²) in [4.78, 5) is 12.8. The molecule has 3 aromatic heterocycles. The van der Waals surface area contributed by atoms with Gasteiger partial charge in [0, 0.05) is 11.7 Å². The topological polar surface area (TPSA) is 87.4 Å². The van der Waals surface area contributed by atoms with Crippen molar-refractivity contribution in [3.8, 4) is 11.4 Å². The average molecular weight is 469 g/mol. The van der Waals surface area contributed by atoms with Gasteiger partial charge in [-0.25, -0.2) is 19.3 Å². The predicted octanol–water partition coefficient (Wildman–Crippen LogP) is 4.79. The smallest absolute Gasteiger partial charge is 0.223 e. The van der Waals surface area contributed by atoms with Crippen LogP contribution in [0.3, 0.4) is 0 Å². The lowest BCUT2D eigenvalue weighted by Crippen LogP contribution is -2.42. The molecule has 0 fully saturated rings. The molecule has 0 aliphatic heterocycles. The van der Waals surface area contributed by atoms with Crippen LogP contribution in [0.25, 0.3) is 17.0 Å². The van der Waals surface area contributed by atoms with E-state index in [1.807, 2.05) is 52.1 Å². The minimum atomic E-state index is -0.651. The summed E-state index contributed by atoms with van der Waals surface area (Å²) >= 11 is 6.19. The fraction of sp³-hybridized carbons (Fsp3) is 0.292. The second-order valence-electron chi connectivity index (χ2n) is 8.49. The van der Waals surface area contributed by atoms with Crippen LogP contribution in [-0.4, -0.2) is 37.0 Å². The molecule has 0 aliphatic rings. The molecular formula is C24H26ClFN6O. The zero-order valence-electron chi connectivity index (χ0n) is 18.8. The maximum absolute atomic E-state index is 14.6. The molecule has 172 valence electrons. The summed E-state index contributed by atoms with van der Waals surface area (Å²) in [6.45, 7) is 5.84. The van der Waals surface area contributed by atoms with Gasteiger partial charge in [-0.3, -0.25) is 4.40 Å². The number of pyridine rings is 1. The van der Waals surface area contributed by atoms with Crippen LogP contribution in [0.2, 0.25) is 5.02 Å². The fourth-order valence-electron chi connectivity index (χ4n) is 3.57. The number of aliphatic hydroxyl groups is 1. The Bertz CT molecular complexity index is 1270. The van der Waals surface area contributed by atoms with Gasteiger partial charge in [-0.15, -0.1) is 0 Å².